The fraction of sp³-hybridized carbons (Fsp3) is 0. The van der Waals surface area contributed by atoms with E-state index < -0.39 is 0 Å². The third-order valence-corrected chi connectivity index (χ3v) is 5.67. The van der Waals surface area contributed by atoms with Gasteiger partial charge in [0.1, 0.15) is 7.85 Å². The number of hydrogen-bond acceptors (Lipinski definition) is 0. The molecule has 0 aliphatic carbocycles. The standard InChI is InChI=1S/C26H16BN/c27-17-14-15-24-23(16-17)25-21-12-6-4-10-19(21)20-11-5-7-13-22(20)26(25)28(24)18-8-2-1-3-9-18/h1-16H. The van der Waals surface area contributed by atoms with E-state index in [1.165, 1.54) is 43.4 Å². The Bertz CT molecular complexity index is 1510. The van der Waals surface area contributed by atoms with Crippen LogP contribution in [-0.2, 0) is 0 Å². The molecule has 128 valence electrons. The van der Waals surface area contributed by atoms with E-state index in [1.54, 1.807) is 0 Å². The maximum atomic E-state index is 6.21. The van der Waals surface area contributed by atoms with Crippen molar-refractivity contribution in [3.05, 3.63) is 97.1 Å². The summed E-state index contributed by atoms with van der Waals surface area (Å²) in [6.45, 7) is 0. The summed E-state index contributed by atoms with van der Waals surface area (Å²) in [5.74, 6) is 0. The number of benzene rings is 5. The molecular formula is C26H16BN. The summed E-state index contributed by atoms with van der Waals surface area (Å²) in [5, 5.41) is 7.54. The van der Waals surface area contributed by atoms with Crippen molar-refractivity contribution >= 4 is 56.7 Å². The van der Waals surface area contributed by atoms with E-state index in [2.05, 4.69) is 95.6 Å². The van der Waals surface area contributed by atoms with Crippen molar-refractivity contribution in [1.29, 1.82) is 0 Å². The monoisotopic (exact) mass is 353 g/mol. The largest absolute Gasteiger partial charge is 0.309 e. The van der Waals surface area contributed by atoms with Crippen LogP contribution in [0.1, 0.15) is 0 Å². The number of rotatable bonds is 1. The van der Waals surface area contributed by atoms with Gasteiger partial charge in [0.15, 0.2) is 0 Å². The molecule has 0 atom stereocenters. The van der Waals surface area contributed by atoms with Gasteiger partial charge in [0.2, 0.25) is 0 Å². The number of fused-ring (bicyclic) bond motifs is 8. The van der Waals surface area contributed by atoms with Gasteiger partial charge >= 0.3 is 0 Å². The van der Waals surface area contributed by atoms with E-state index in [-0.39, 0.29) is 0 Å². The van der Waals surface area contributed by atoms with E-state index in [4.69, 9.17) is 7.85 Å². The van der Waals surface area contributed by atoms with Crippen LogP contribution in [0, 0.1) is 0 Å². The Labute approximate surface area is 164 Å². The zero-order valence-corrected chi connectivity index (χ0v) is 15.3. The van der Waals surface area contributed by atoms with Gasteiger partial charge in [-0.2, -0.15) is 0 Å². The maximum absolute atomic E-state index is 6.21. The maximum Gasteiger partial charge on any atom is 0.113 e. The van der Waals surface area contributed by atoms with E-state index in [9.17, 15) is 0 Å². The second-order valence-corrected chi connectivity index (χ2v) is 7.26. The zero-order valence-electron chi connectivity index (χ0n) is 15.3. The molecule has 0 fully saturated rings. The number of para-hydroxylation sites is 1. The van der Waals surface area contributed by atoms with E-state index in [1.807, 2.05) is 6.07 Å². The predicted octanol–water partition coefficient (Wildman–Crippen LogP) is 5.88. The second kappa shape index (κ2) is 5.74. The molecule has 0 unspecified atom stereocenters. The molecular weight excluding hydrogens is 337 g/mol. The van der Waals surface area contributed by atoms with Crippen LogP contribution in [-0.4, -0.2) is 12.4 Å². The average Bonchev–Trinajstić information content (AvgIpc) is 3.09. The van der Waals surface area contributed by atoms with Crippen LogP contribution >= 0.6 is 0 Å². The van der Waals surface area contributed by atoms with Gasteiger partial charge in [-0.05, 0) is 34.4 Å². The fourth-order valence-corrected chi connectivity index (χ4v) is 4.54. The Kier molecular flexibility index (Phi) is 3.18. The van der Waals surface area contributed by atoms with Gasteiger partial charge in [0.05, 0.1) is 11.0 Å². The van der Waals surface area contributed by atoms with Crippen LogP contribution in [0.5, 0.6) is 0 Å². The van der Waals surface area contributed by atoms with Gasteiger partial charge in [0.25, 0.3) is 0 Å². The van der Waals surface area contributed by atoms with Crippen molar-refractivity contribution in [2.24, 2.45) is 0 Å². The van der Waals surface area contributed by atoms with Crippen LogP contribution < -0.4 is 5.46 Å². The van der Waals surface area contributed by atoms with Gasteiger partial charge < -0.3 is 4.57 Å². The summed E-state index contributed by atoms with van der Waals surface area (Å²) in [6.07, 6.45) is 0. The second-order valence-electron chi connectivity index (χ2n) is 7.26. The molecule has 2 radical (unpaired) electrons. The highest BCUT2D eigenvalue weighted by molar-refractivity contribution is 6.36. The number of nitrogens with zero attached hydrogens (tertiary/aromatic N) is 1. The van der Waals surface area contributed by atoms with Crippen LogP contribution in [0.2, 0.25) is 0 Å². The van der Waals surface area contributed by atoms with E-state index in [0.717, 1.165) is 11.2 Å². The first kappa shape index (κ1) is 15.5. The molecule has 0 N–H and O–H groups in total. The summed E-state index contributed by atoms with van der Waals surface area (Å²) < 4.78 is 2.37. The molecule has 0 aliphatic rings. The van der Waals surface area contributed by atoms with Gasteiger partial charge in [-0.3, -0.25) is 0 Å². The Hall–Kier alpha value is -3.52. The highest BCUT2D eigenvalue weighted by Crippen LogP contribution is 2.41. The number of hydrogen-bond donors (Lipinski definition) is 0. The first-order valence-electron chi connectivity index (χ1n) is 9.51. The topological polar surface area (TPSA) is 4.93 Å². The smallest absolute Gasteiger partial charge is 0.113 e. The Morgan fingerprint density at radius 3 is 1.89 bits per heavy atom. The van der Waals surface area contributed by atoms with E-state index >= 15 is 0 Å². The van der Waals surface area contributed by atoms with Crippen molar-refractivity contribution < 1.29 is 0 Å². The molecule has 1 aromatic heterocycles. The van der Waals surface area contributed by atoms with Gasteiger partial charge in [-0.15, -0.1) is 0 Å². The van der Waals surface area contributed by atoms with Crippen molar-refractivity contribution in [3.8, 4) is 5.69 Å². The Balaban J connectivity index is 2.02. The van der Waals surface area contributed by atoms with Crippen molar-refractivity contribution in [2.75, 3.05) is 0 Å². The highest BCUT2D eigenvalue weighted by Gasteiger charge is 2.18. The molecule has 2 heteroatoms. The van der Waals surface area contributed by atoms with Gasteiger partial charge in [-0.1, -0.05) is 84.3 Å². The molecule has 0 aliphatic heterocycles. The quantitative estimate of drug-likeness (QED) is 0.257. The highest BCUT2D eigenvalue weighted by atomic mass is 15.0. The minimum Gasteiger partial charge on any atom is -0.309 e. The number of aromatic nitrogens is 1. The first-order chi connectivity index (χ1) is 13.8. The molecule has 0 saturated carbocycles. The minimum absolute atomic E-state index is 0.789. The lowest BCUT2D eigenvalue weighted by Crippen LogP contribution is -2.00. The summed E-state index contributed by atoms with van der Waals surface area (Å²) in [6, 6.07) is 34.2. The molecule has 1 nitrogen and oxygen atoms in total. The Morgan fingerprint density at radius 2 is 1.14 bits per heavy atom. The molecule has 0 spiro atoms. The summed E-state index contributed by atoms with van der Waals surface area (Å²) in [7, 11) is 6.21. The molecule has 0 saturated heterocycles. The summed E-state index contributed by atoms with van der Waals surface area (Å²) in [4.78, 5) is 0. The van der Waals surface area contributed by atoms with Crippen LogP contribution in [0.15, 0.2) is 97.1 Å². The van der Waals surface area contributed by atoms with Crippen LogP contribution in [0.3, 0.4) is 0 Å². The van der Waals surface area contributed by atoms with Crippen molar-refractivity contribution in [1.82, 2.24) is 4.57 Å². The molecule has 0 amide bonds. The lowest BCUT2D eigenvalue weighted by molar-refractivity contribution is 1.19. The molecule has 6 rings (SSSR count). The third kappa shape index (κ3) is 2.03. The van der Waals surface area contributed by atoms with E-state index in [0.29, 0.717) is 0 Å². The van der Waals surface area contributed by atoms with Gasteiger partial charge in [-0.25, -0.2) is 0 Å². The zero-order chi connectivity index (χ0) is 18.7. The minimum atomic E-state index is 0.789. The van der Waals surface area contributed by atoms with Crippen molar-refractivity contribution in [3.63, 3.8) is 0 Å². The lowest BCUT2D eigenvalue weighted by Gasteiger charge is -2.12. The summed E-state index contributed by atoms with van der Waals surface area (Å²) >= 11 is 0. The summed E-state index contributed by atoms with van der Waals surface area (Å²) in [5.41, 5.74) is 4.36. The lowest BCUT2D eigenvalue weighted by atomic mass is 9.92. The van der Waals surface area contributed by atoms with Crippen molar-refractivity contribution in [2.45, 2.75) is 0 Å². The SMILES string of the molecule is [B]c1ccc2c(c1)c1c3ccccc3c3ccccc3c1n2-c1ccccc1. The van der Waals surface area contributed by atoms with Crippen LogP contribution in [0.4, 0.5) is 0 Å². The molecule has 1 heterocycles. The normalized spacial score (nSPS) is 11.7. The molecule has 5 aromatic carbocycles. The van der Waals surface area contributed by atoms with Crippen LogP contribution in [0.25, 0.3) is 49.0 Å². The molecule has 0 bridgehead atoms. The Morgan fingerprint density at radius 1 is 0.536 bits per heavy atom. The molecule has 28 heavy (non-hydrogen) atoms. The third-order valence-electron chi connectivity index (χ3n) is 5.67. The average molecular weight is 353 g/mol. The fourth-order valence-electron chi connectivity index (χ4n) is 4.54. The first-order valence-corrected chi connectivity index (χ1v) is 9.51. The molecule has 6 aromatic rings. The predicted molar refractivity (Wildman–Crippen MR) is 121 cm³/mol. The van der Waals surface area contributed by atoms with Gasteiger partial charge in [0, 0.05) is 21.8 Å².